The summed E-state index contributed by atoms with van der Waals surface area (Å²) >= 11 is 0. The van der Waals surface area contributed by atoms with Gasteiger partial charge >= 0.3 is 0 Å². The van der Waals surface area contributed by atoms with Crippen LogP contribution in [0.5, 0.6) is 11.5 Å². The third kappa shape index (κ3) is 5.57. The van der Waals surface area contributed by atoms with Crippen molar-refractivity contribution in [1.29, 1.82) is 0 Å². The number of carbonyl (C=O) groups is 1. The van der Waals surface area contributed by atoms with Crippen molar-refractivity contribution >= 4 is 11.6 Å². The summed E-state index contributed by atoms with van der Waals surface area (Å²) in [7, 11) is 3.30. The lowest BCUT2D eigenvalue weighted by atomic mass is 10.00. The van der Waals surface area contributed by atoms with Gasteiger partial charge in [-0.05, 0) is 73.9 Å². The van der Waals surface area contributed by atoms with Crippen LogP contribution in [0.3, 0.4) is 0 Å². The Bertz CT molecular complexity index is 1090. The topological polar surface area (TPSA) is 42.0 Å². The maximum Gasteiger partial charge on any atom is 0.258 e. The van der Waals surface area contributed by atoms with Gasteiger partial charge in [-0.15, -0.1) is 0 Å². The standard InChI is InChI=1S/C28H31FN2O3/c1-20-4-6-22(7-5-20)28(32)31(24-10-8-23(29)9-11-24)25-12-14-30(15-13-25)19-21-16-26(33-2)18-27(17-21)34-3/h4-11,16-18,25H,12-15,19H2,1-3H3. The molecule has 0 unspecified atom stereocenters. The van der Waals surface area contributed by atoms with Crippen LogP contribution in [0.4, 0.5) is 10.1 Å². The van der Waals surface area contributed by atoms with Gasteiger partial charge in [-0.3, -0.25) is 9.69 Å². The molecule has 0 aromatic heterocycles. The van der Waals surface area contributed by atoms with Gasteiger partial charge in [-0.25, -0.2) is 4.39 Å². The third-order valence-corrected chi connectivity index (χ3v) is 6.36. The predicted molar refractivity (Wildman–Crippen MR) is 132 cm³/mol. The molecule has 1 amide bonds. The third-order valence-electron chi connectivity index (χ3n) is 6.36. The molecule has 0 saturated carbocycles. The van der Waals surface area contributed by atoms with Crippen LogP contribution in [0.1, 0.15) is 34.3 Å². The van der Waals surface area contributed by atoms with Crippen molar-refractivity contribution in [3.63, 3.8) is 0 Å². The van der Waals surface area contributed by atoms with E-state index in [9.17, 15) is 9.18 Å². The number of likely N-dealkylation sites (tertiary alicyclic amines) is 1. The van der Waals surface area contributed by atoms with Crippen LogP contribution in [0.2, 0.25) is 0 Å². The fraction of sp³-hybridized carbons (Fsp3) is 0.321. The second-order valence-electron chi connectivity index (χ2n) is 8.75. The minimum atomic E-state index is -0.310. The number of ether oxygens (including phenoxy) is 2. The fourth-order valence-corrected chi connectivity index (χ4v) is 4.48. The van der Waals surface area contributed by atoms with Crippen LogP contribution in [0, 0.1) is 12.7 Å². The van der Waals surface area contributed by atoms with Crippen LogP contribution in [0.25, 0.3) is 0 Å². The lowest BCUT2D eigenvalue weighted by Gasteiger charge is -2.38. The van der Waals surface area contributed by atoms with Crippen molar-refractivity contribution in [2.75, 3.05) is 32.2 Å². The zero-order valence-corrected chi connectivity index (χ0v) is 20.0. The number of hydrogen-bond acceptors (Lipinski definition) is 4. The molecule has 0 N–H and O–H groups in total. The molecule has 3 aromatic rings. The highest BCUT2D eigenvalue weighted by molar-refractivity contribution is 6.06. The lowest BCUT2D eigenvalue weighted by molar-refractivity contribution is 0.0958. The van der Waals surface area contributed by atoms with Gasteiger partial charge in [-0.1, -0.05) is 17.7 Å². The van der Waals surface area contributed by atoms with Crippen LogP contribution >= 0.6 is 0 Å². The van der Waals surface area contributed by atoms with Gasteiger partial charge < -0.3 is 14.4 Å². The minimum absolute atomic E-state index is 0.0374. The number of hydrogen-bond donors (Lipinski definition) is 0. The highest BCUT2D eigenvalue weighted by atomic mass is 19.1. The van der Waals surface area contributed by atoms with E-state index in [1.807, 2.05) is 54.3 Å². The second-order valence-corrected chi connectivity index (χ2v) is 8.75. The SMILES string of the molecule is COc1cc(CN2CCC(N(C(=O)c3ccc(C)cc3)c3ccc(F)cc3)CC2)cc(OC)c1. The number of amides is 1. The van der Waals surface area contributed by atoms with E-state index >= 15 is 0 Å². The molecular weight excluding hydrogens is 431 g/mol. The Kier molecular flexibility index (Phi) is 7.48. The molecule has 3 aromatic carbocycles. The molecule has 178 valence electrons. The van der Waals surface area contributed by atoms with E-state index in [1.165, 1.54) is 12.1 Å². The van der Waals surface area contributed by atoms with Crippen LogP contribution in [0.15, 0.2) is 66.7 Å². The van der Waals surface area contributed by atoms with Gasteiger partial charge in [0.1, 0.15) is 17.3 Å². The first-order valence-corrected chi connectivity index (χ1v) is 11.6. The minimum Gasteiger partial charge on any atom is -0.497 e. The Labute approximate surface area is 200 Å². The smallest absolute Gasteiger partial charge is 0.258 e. The summed E-state index contributed by atoms with van der Waals surface area (Å²) in [6, 6.07) is 19.8. The van der Waals surface area contributed by atoms with Crippen molar-refractivity contribution in [2.45, 2.75) is 32.4 Å². The molecule has 6 heteroatoms. The number of halogens is 1. The monoisotopic (exact) mass is 462 g/mol. The van der Waals surface area contributed by atoms with E-state index in [2.05, 4.69) is 4.90 Å². The normalized spacial score (nSPS) is 14.6. The van der Waals surface area contributed by atoms with E-state index in [0.29, 0.717) is 5.56 Å². The molecule has 1 saturated heterocycles. The van der Waals surface area contributed by atoms with E-state index in [-0.39, 0.29) is 17.8 Å². The van der Waals surface area contributed by atoms with Gasteiger partial charge in [0.25, 0.3) is 5.91 Å². The maximum absolute atomic E-state index is 13.6. The number of carbonyl (C=O) groups excluding carboxylic acids is 1. The van der Waals surface area contributed by atoms with Gasteiger partial charge in [0, 0.05) is 43.0 Å². The van der Waals surface area contributed by atoms with Gasteiger partial charge in [0.2, 0.25) is 0 Å². The summed E-state index contributed by atoms with van der Waals surface area (Å²) in [5.41, 5.74) is 3.59. The highest BCUT2D eigenvalue weighted by Gasteiger charge is 2.30. The summed E-state index contributed by atoms with van der Waals surface area (Å²) in [4.78, 5) is 17.8. The molecule has 5 nitrogen and oxygen atoms in total. The van der Waals surface area contributed by atoms with Crippen molar-refractivity contribution in [2.24, 2.45) is 0 Å². The Morgan fingerprint density at radius 1 is 0.941 bits per heavy atom. The maximum atomic E-state index is 13.6. The predicted octanol–water partition coefficient (Wildman–Crippen LogP) is 5.46. The Hall–Kier alpha value is -3.38. The first-order valence-electron chi connectivity index (χ1n) is 11.6. The molecule has 4 rings (SSSR count). The average molecular weight is 463 g/mol. The molecule has 0 bridgehead atoms. The number of aryl methyl sites for hydroxylation is 1. The molecule has 34 heavy (non-hydrogen) atoms. The Balaban J connectivity index is 1.50. The second kappa shape index (κ2) is 10.7. The Morgan fingerprint density at radius 2 is 1.53 bits per heavy atom. The van der Waals surface area contributed by atoms with Gasteiger partial charge in [0.15, 0.2) is 0 Å². The van der Waals surface area contributed by atoms with Crippen molar-refractivity contribution < 1.29 is 18.7 Å². The highest BCUT2D eigenvalue weighted by Crippen LogP contribution is 2.28. The van der Waals surface area contributed by atoms with Crippen molar-refractivity contribution in [1.82, 2.24) is 4.90 Å². The molecule has 1 aliphatic rings. The molecule has 0 radical (unpaired) electrons. The summed E-state index contributed by atoms with van der Waals surface area (Å²) in [5, 5.41) is 0. The Morgan fingerprint density at radius 3 is 2.09 bits per heavy atom. The van der Waals surface area contributed by atoms with Crippen LogP contribution < -0.4 is 14.4 Å². The van der Waals surface area contributed by atoms with E-state index in [1.54, 1.807) is 26.4 Å². The molecular formula is C28H31FN2O3. The zero-order valence-electron chi connectivity index (χ0n) is 20.0. The first-order chi connectivity index (χ1) is 16.5. The summed E-state index contributed by atoms with van der Waals surface area (Å²) in [6.45, 7) is 4.48. The summed E-state index contributed by atoms with van der Waals surface area (Å²) < 4.78 is 24.4. The van der Waals surface area contributed by atoms with E-state index < -0.39 is 0 Å². The number of methoxy groups -OCH3 is 2. The van der Waals surface area contributed by atoms with Crippen LogP contribution in [-0.2, 0) is 6.54 Å². The number of rotatable bonds is 7. The van der Waals surface area contributed by atoms with Gasteiger partial charge in [-0.2, -0.15) is 0 Å². The average Bonchev–Trinajstić information content (AvgIpc) is 2.86. The van der Waals surface area contributed by atoms with E-state index in [4.69, 9.17) is 9.47 Å². The number of nitrogens with zero attached hydrogens (tertiary/aromatic N) is 2. The van der Waals surface area contributed by atoms with E-state index in [0.717, 1.165) is 60.8 Å². The molecule has 1 heterocycles. The quantitative estimate of drug-likeness (QED) is 0.467. The summed E-state index contributed by atoms with van der Waals surface area (Å²) in [5.74, 6) is 1.18. The number of anilines is 1. The molecule has 1 aliphatic heterocycles. The number of piperidine rings is 1. The van der Waals surface area contributed by atoms with Crippen LogP contribution in [-0.4, -0.2) is 44.2 Å². The molecule has 0 spiro atoms. The summed E-state index contributed by atoms with van der Waals surface area (Å²) in [6.07, 6.45) is 1.66. The van der Waals surface area contributed by atoms with Crippen molar-refractivity contribution in [3.8, 4) is 11.5 Å². The van der Waals surface area contributed by atoms with Crippen molar-refractivity contribution in [3.05, 3.63) is 89.2 Å². The lowest BCUT2D eigenvalue weighted by Crippen LogP contribution is -2.47. The first kappa shape index (κ1) is 23.8. The van der Waals surface area contributed by atoms with Gasteiger partial charge in [0.05, 0.1) is 14.2 Å². The fourth-order valence-electron chi connectivity index (χ4n) is 4.48. The largest absolute Gasteiger partial charge is 0.497 e. The number of benzene rings is 3. The molecule has 1 fully saturated rings. The molecule has 0 aliphatic carbocycles. The molecule has 0 atom stereocenters. The zero-order chi connectivity index (χ0) is 24.1.